The molecule has 0 unspecified atom stereocenters. The van der Waals surface area contributed by atoms with Crippen molar-refractivity contribution in [2.24, 2.45) is 0 Å². The zero-order valence-electron chi connectivity index (χ0n) is 8.22. The van der Waals surface area contributed by atoms with Gasteiger partial charge in [-0.1, -0.05) is 0 Å². The predicted molar refractivity (Wildman–Crippen MR) is 48.1 cm³/mol. The largest absolute Gasteiger partial charge is 0.351 e. The van der Waals surface area contributed by atoms with Crippen LogP contribution in [0.3, 0.4) is 0 Å². The van der Waals surface area contributed by atoms with E-state index in [0.717, 1.165) is 26.2 Å². The second-order valence-corrected chi connectivity index (χ2v) is 4.16. The van der Waals surface area contributed by atoms with E-state index in [1.54, 1.807) is 0 Å². The average molecular weight is 173 g/mol. The minimum Gasteiger partial charge on any atom is -0.351 e. The lowest BCUT2D eigenvalue weighted by molar-refractivity contribution is -0.176. The van der Waals surface area contributed by atoms with E-state index in [1.807, 2.05) is 0 Å². The normalized spacial score (nSPS) is 21.2. The van der Waals surface area contributed by atoms with Gasteiger partial charge in [-0.25, -0.2) is 0 Å². The van der Waals surface area contributed by atoms with Crippen LogP contribution in [0.4, 0.5) is 0 Å². The minimum atomic E-state index is -0.0435. The lowest BCUT2D eigenvalue weighted by Crippen LogP contribution is -2.43. The Labute approximate surface area is 74.4 Å². The van der Waals surface area contributed by atoms with E-state index in [9.17, 15) is 0 Å². The number of ether oxygens (including phenoxy) is 2. The monoisotopic (exact) mass is 173 g/mol. The van der Waals surface area contributed by atoms with E-state index in [-0.39, 0.29) is 11.8 Å². The first kappa shape index (κ1) is 9.96. The van der Waals surface area contributed by atoms with Crippen molar-refractivity contribution in [1.29, 1.82) is 0 Å². The molecule has 0 radical (unpaired) electrons. The molecule has 0 aromatic carbocycles. The molecular weight excluding hydrogens is 154 g/mol. The Morgan fingerprint density at radius 3 is 2.33 bits per heavy atom. The van der Waals surface area contributed by atoms with E-state index in [4.69, 9.17) is 9.47 Å². The third kappa shape index (κ3) is 4.04. The summed E-state index contributed by atoms with van der Waals surface area (Å²) in [5.41, 5.74) is 0.143. The van der Waals surface area contributed by atoms with E-state index >= 15 is 0 Å². The highest BCUT2D eigenvalue weighted by Gasteiger charge is 2.17. The Hall–Kier alpha value is -0.120. The SMILES string of the molecule is CC(C)(C)NCC1OCCCO1. The molecule has 0 amide bonds. The summed E-state index contributed by atoms with van der Waals surface area (Å²) in [6.07, 6.45) is 0.976. The molecule has 0 aromatic heterocycles. The number of nitrogens with one attached hydrogen (secondary N) is 1. The Kier molecular flexibility index (Phi) is 3.50. The minimum absolute atomic E-state index is 0.0435. The molecule has 0 bridgehead atoms. The van der Waals surface area contributed by atoms with Gasteiger partial charge >= 0.3 is 0 Å². The molecule has 0 saturated carbocycles. The quantitative estimate of drug-likeness (QED) is 0.679. The summed E-state index contributed by atoms with van der Waals surface area (Å²) in [5, 5.41) is 3.34. The highest BCUT2D eigenvalue weighted by atomic mass is 16.7. The highest BCUT2D eigenvalue weighted by Crippen LogP contribution is 2.05. The fourth-order valence-electron chi connectivity index (χ4n) is 1.04. The number of hydrogen-bond donors (Lipinski definition) is 1. The van der Waals surface area contributed by atoms with Crippen molar-refractivity contribution in [3.63, 3.8) is 0 Å². The van der Waals surface area contributed by atoms with Gasteiger partial charge in [-0.05, 0) is 27.2 Å². The standard InChI is InChI=1S/C9H19NO2/c1-9(2,3)10-7-8-11-5-4-6-12-8/h8,10H,4-7H2,1-3H3. The van der Waals surface area contributed by atoms with Crippen LogP contribution in [0.1, 0.15) is 27.2 Å². The molecule has 1 N–H and O–H groups in total. The number of hydrogen-bond acceptors (Lipinski definition) is 3. The van der Waals surface area contributed by atoms with Crippen molar-refractivity contribution in [2.75, 3.05) is 19.8 Å². The van der Waals surface area contributed by atoms with Crippen LogP contribution in [0.25, 0.3) is 0 Å². The molecule has 12 heavy (non-hydrogen) atoms. The maximum atomic E-state index is 5.39. The van der Waals surface area contributed by atoms with Gasteiger partial charge in [-0.2, -0.15) is 0 Å². The van der Waals surface area contributed by atoms with Crippen molar-refractivity contribution in [1.82, 2.24) is 5.32 Å². The van der Waals surface area contributed by atoms with E-state index in [1.165, 1.54) is 0 Å². The molecule has 1 rings (SSSR count). The Bertz CT molecular complexity index is 125. The van der Waals surface area contributed by atoms with E-state index in [0.29, 0.717) is 0 Å². The molecule has 0 atom stereocenters. The fourth-order valence-corrected chi connectivity index (χ4v) is 1.04. The summed E-state index contributed by atoms with van der Waals surface area (Å²) in [4.78, 5) is 0. The zero-order valence-corrected chi connectivity index (χ0v) is 8.22. The van der Waals surface area contributed by atoms with Gasteiger partial charge in [0.2, 0.25) is 0 Å². The Morgan fingerprint density at radius 1 is 1.25 bits per heavy atom. The third-order valence-electron chi connectivity index (χ3n) is 1.70. The van der Waals surface area contributed by atoms with Gasteiger partial charge in [0.25, 0.3) is 0 Å². The lowest BCUT2D eigenvalue weighted by atomic mass is 10.1. The lowest BCUT2D eigenvalue weighted by Gasteiger charge is -2.27. The molecule has 3 heteroatoms. The van der Waals surface area contributed by atoms with Gasteiger partial charge in [0.1, 0.15) is 0 Å². The zero-order chi connectivity index (χ0) is 9.03. The molecule has 0 aliphatic carbocycles. The molecule has 1 aliphatic rings. The topological polar surface area (TPSA) is 30.5 Å². The Balaban J connectivity index is 2.13. The summed E-state index contributed by atoms with van der Waals surface area (Å²) in [6, 6.07) is 0. The molecule has 1 aliphatic heterocycles. The van der Waals surface area contributed by atoms with Crippen LogP contribution in [-0.2, 0) is 9.47 Å². The van der Waals surface area contributed by atoms with Crippen LogP contribution < -0.4 is 5.32 Å². The van der Waals surface area contributed by atoms with Gasteiger partial charge < -0.3 is 14.8 Å². The smallest absolute Gasteiger partial charge is 0.169 e. The van der Waals surface area contributed by atoms with Crippen LogP contribution in [0.2, 0.25) is 0 Å². The van der Waals surface area contributed by atoms with Crippen LogP contribution in [-0.4, -0.2) is 31.6 Å². The Morgan fingerprint density at radius 2 is 1.83 bits per heavy atom. The molecule has 0 aromatic rings. The maximum Gasteiger partial charge on any atom is 0.169 e. The second-order valence-electron chi connectivity index (χ2n) is 4.16. The molecule has 0 spiro atoms. The molecule has 3 nitrogen and oxygen atoms in total. The first-order chi connectivity index (χ1) is 5.58. The first-order valence-electron chi connectivity index (χ1n) is 4.56. The summed E-state index contributed by atoms with van der Waals surface area (Å²) < 4.78 is 10.8. The molecule has 72 valence electrons. The molecule has 1 saturated heterocycles. The fraction of sp³-hybridized carbons (Fsp3) is 1.00. The van der Waals surface area contributed by atoms with Crippen molar-refractivity contribution in [3.05, 3.63) is 0 Å². The van der Waals surface area contributed by atoms with Gasteiger partial charge in [0, 0.05) is 12.1 Å². The molecule has 1 heterocycles. The third-order valence-corrected chi connectivity index (χ3v) is 1.70. The van der Waals surface area contributed by atoms with Gasteiger partial charge in [0.15, 0.2) is 6.29 Å². The van der Waals surface area contributed by atoms with Crippen molar-refractivity contribution in [2.45, 2.75) is 39.0 Å². The second kappa shape index (κ2) is 4.21. The highest BCUT2D eigenvalue weighted by molar-refractivity contribution is 4.71. The summed E-state index contributed by atoms with van der Waals surface area (Å²) in [7, 11) is 0. The van der Waals surface area contributed by atoms with Crippen LogP contribution >= 0.6 is 0 Å². The average Bonchev–Trinajstić information content (AvgIpc) is 2.02. The number of rotatable bonds is 2. The van der Waals surface area contributed by atoms with Crippen molar-refractivity contribution < 1.29 is 9.47 Å². The van der Waals surface area contributed by atoms with Crippen LogP contribution in [0.15, 0.2) is 0 Å². The van der Waals surface area contributed by atoms with Gasteiger partial charge in [-0.15, -0.1) is 0 Å². The van der Waals surface area contributed by atoms with E-state index in [2.05, 4.69) is 26.1 Å². The first-order valence-corrected chi connectivity index (χ1v) is 4.56. The maximum absolute atomic E-state index is 5.39. The van der Waals surface area contributed by atoms with E-state index < -0.39 is 0 Å². The van der Waals surface area contributed by atoms with Gasteiger partial charge in [0.05, 0.1) is 13.2 Å². The summed E-state index contributed by atoms with van der Waals surface area (Å²) >= 11 is 0. The summed E-state index contributed by atoms with van der Waals surface area (Å²) in [6.45, 7) is 8.85. The predicted octanol–water partition coefficient (Wildman–Crippen LogP) is 1.14. The van der Waals surface area contributed by atoms with Crippen LogP contribution in [0.5, 0.6) is 0 Å². The van der Waals surface area contributed by atoms with Gasteiger partial charge in [-0.3, -0.25) is 0 Å². The summed E-state index contributed by atoms with van der Waals surface area (Å²) in [5.74, 6) is 0. The van der Waals surface area contributed by atoms with Crippen molar-refractivity contribution >= 4 is 0 Å². The molecule has 1 fully saturated rings. The van der Waals surface area contributed by atoms with Crippen LogP contribution in [0, 0.1) is 0 Å². The van der Waals surface area contributed by atoms with Crippen molar-refractivity contribution in [3.8, 4) is 0 Å². The molecular formula is C9H19NO2.